The van der Waals surface area contributed by atoms with Crippen LogP contribution >= 0.6 is 0 Å². The van der Waals surface area contributed by atoms with Crippen molar-refractivity contribution in [1.82, 2.24) is 0 Å². The molecule has 0 radical (unpaired) electrons. The molecule has 1 aromatic carbocycles. The third kappa shape index (κ3) is 3.98. The lowest BCUT2D eigenvalue weighted by molar-refractivity contribution is 0.0995. The van der Waals surface area contributed by atoms with Gasteiger partial charge in [0.1, 0.15) is 5.76 Å². The summed E-state index contributed by atoms with van der Waals surface area (Å²) >= 11 is 0. The Kier molecular flexibility index (Phi) is 4.81. The van der Waals surface area contributed by atoms with Gasteiger partial charge in [-0.25, -0.2) is 0 Å². The number of aliphatic hydroxyl groups is 1. The summed E-state index contributed by atoms with van der Waals surface area (Å²) in [5.41, 5.74) is 2.40. The molecule has 1 aromatic heterocycles. The number of furan rings is 1. The minimum atomic E-state index is -0.308. The number of nitrogens with one attached hydrogen (secondary N) is 1. The second kappa shape index (κ2) is 6.78. The fraction of sp³-hybridized carbons (Fsp3) is 0.235. The van der Waals surface area contributed by atoms with Crippen molar-refractivity contribution in [3.8, 4) is 11.8 Å². The lowest BCUT2D eigenvalue weighted by Gasteiger charge is -2.07. The largest absolute Gasteiger partial charge is 0.456 e. The summed E-state index contributed by atoms with van der Waals surface area (Å²) in [6.07, 6.45) is 0.401. The second-order valence-corrected chi connectivity index (χ2v) is 4.69. The van der Waals surface area contributed by atoms with Gasteiger partial charge in [-0.2, -0.15) is 0 Å². The van der Waals surface area contributed by atoms with Crippen molar-refractivity contribution >= 4 is 11.6 Å². The average molecular weight is 283 g/mol. The van der Waals surface area contributed by atoms with E-state index in [1.807, 2.05) is 25.1 Å². The highest BCUT2D eigenvalue weighted by molar-refractivity contribution is 6.03. The zero-order valence-corrected chi connectivity index (χ0v) is 12.1. The van der Waals surface area contributed by atoms with Crippen molar-refractivity contribution in [2.75, 3.05) is 11.9 Å². The molecule has 2 aromatic rings. The predicted molar refractivity (Wildman–Crippen MR) is 81.2 cm³/mol. The second-order valence-electron chi connectivity index (χ2n) is 4.69. The maximum absolute atomic E-state index is 12.1. The van der Waals surface area contributed by atoms with Gasteiger partial charge in [0.2, 0.25) is 0 Å². The number of carbonyl (C=O) groups is 1. The minimum absolute atomic E-state index is 0.0200. The van der Waals surface area contributed by atoms with Crippen LogP contribution in [0.5, 0.6) is 0 Å². The third-order valence-electron chi connectivity index (χ3n) is 2.85. The Morgan fingerprint density at radius 3 is 2.76 bits per heavy atom. The van der Waals surface area contributed by atoms with E-state index in [4.69, 9.17) is 9.52 Å². The van der Waals surface area contributed by atoms with E-state index in [-0.39, 0.29) is 18.3 Å². The zero-order chi connectivity index (χ0) is 15.2. The summed E-state index contributed by atoms with van der Waals surface area (Å²) in [6.45, 7) is 3.76. The molecule has 0 aliphatic heterocycles. The Morgan fingerprint density at radius 1 is 1.29 bits per heavy atom. The topological polar surface area (TPSA) is 62.5 Å². The summed E-state index contributed by atoms with van der Waals surface area (Å²) < 4.78 is 5.30. The number of anilines is 1. The van der Waals surface area contributed by atoms with Crippen LogP contribution < -0.4 is 5.32 Å². The van der Waals surface area contributed by atoms with E-state index in [1.165, 1.54) is 0 Å². The molecule has 4 heteroatoms. The van der Waals surface area contributed by atoms with Gasteiger partial charge in [0.25, 0.3) is 5.91 Å². The van der Waals surface area contributed by atoms with Crippen LogP contribution in [-0.2, 0) is 0 Å². The number of rotatable bonds is 3. The number of aryl methyl sites for hydroxylation is 2. The van der Waals surface area contributed by atoms with Gasteiger partial charge in [-0.05, 0) is 43.7 Å². The number of carbonyl (C=O) groups excluding carboxylic acids is 1. The molecule has 0 aliphatic rings. The molecule has 1 amide bonds. The fourth-order valence-electron chi connectivity index (χ4n) is 1.82. The van der Waals surface area contributed by atoms with Crippen LogP contribution in [0.2, 0.25) is 0 Å². The Bertz CT molecular complexity index is 704. The fourth-order valence-corrected chi connectivity index (χ4v) is 1.82. The van der Waals surface area contributed by atoms with Gasteiger partial charge >= 0.3 is 0 Å². The van der Waals surface area contributed by atoms with E-state index >= 15 is 0 Å². The molecule has 0 unspecified atom stereocenters. The first-order valence-corrected chi connectivity index (χ1v) is 6.68. The highest BCUT2D eigenvalue weighted by atomic mass is 16.3. The van der Waals surface area contributed by atoms with Crippen molar-refractivity contribution in [2.24, 2.45) is 0 Å². The summed E-state index contributed by atoms with van der Waals surface area (Å²) in [5, 5.41) is 11.6. The molecule has 2 N–H and O–H groups in total. The quantitative estimate of drug-likeness (QED) is 0.851. The van der Waals surface area contributed by atoms with Gasteiger partial charge in [0.15, 0.2) is 5.76 Å². The first-order chi connectivity index (χ1) is 10.1. The molecule has 0 atom stereocenters. The van der Waals surface area contributed by atoms with Crippen LogP contribution in [0.1, 0.15) is 33.9 Å². The van der Waals surface area contributed by atoms with Crippen molar-refractivity contribution in [2.45, 2.75) is 20.3 Å². The van der Waals surface area contributed by atoms with Gasteiger partial charge in [-0.15, -0.1) is 0 Å². The van der Waals surface area contributed by atoms with Crippen LogP contribution in [0.25, 0.3) is 0 Å². The Balaban J connectivity index is 2.23. The maximum atomic E-state index is 12.1. The molecule has 0 saturated carbocycles. The van der Waals surface area contributed by atoms with Crippen molar-refractivity contribution in [1.29, 1.82) is 0 Å². The normalized spacial score (nSPS) is 9.86. The SMILES string of the molecule is Cc1ccc(NC(=O)c2ccc(C)o2)c(C#CCCO)c1. The molecule has 108 valence electrons. The lowest BCUT2D eigenvalue weighted by atomic mass is 10.1. The summed E-state index contributed by atoms with van der Waals surface area (Å²) in [5.74, 6) is 6.47. The molecule has 0 fully saturated rings. The Labute approximate surface area is 123 Å². The monoisotopic (exact) mass is 283 g/mol. The lowest BCUT2D eigenvalue weighted by Crippen LogP contribution is -2.12. The first kappa shape index (κ1) is 14.9. The minimum Gasteiger partial charge on any atom is -0.456 e. The molecule has 0 bridgehead atoms. The van der Waals surface area contributed by atoms with Crippen molar-refractivity contribution in [3.05, 3.63) is 53.0 Å². The zero-order valence-electron chi connectivity index (χ0n) is 12.1. The van der Waals surface area contributed by atoms with E-state index in [0.29, 0.717) is 17.9 Å². The number of hydrogen-bond acceptors (Lipinski definition) is 3. The average Bonchev–Trinajstić information content (AvgIpc) is 2.88. The molecule has 4 nitrogen and oxygen atoms in total. The Hall–Kier alpha value is -2.51. The van der Waals surface area contributed by atoms with E-state index in [0.717, 1.165) is 11.1 Å². The van der Waals surface area contributed by atoms with E-state index < -0.39 is 0 Å². The molecule has 0 spiro atoms. The van der Waals surface area contributed by atoms with E-state index in [9.17, 15) is 4.79 Å². The van der Waals surface area contributed by atoms with Crippen molar-refractivity contribution in [3.63, 3.8) is 0 Å². The van der Waals surface area contributed by atoms with Gasteiger partial charge in [-0.1, -0.05) is 17.9 Å². The van der Waals surface area contributed by atoms with E-state index in [2.05, 4.69) is 17.2 Å². The number of benzene rings is 1. The van der Waals surface area contributed by atoms with Gasteiger partial charge < -0.3 is 14.8 Å². The molecule has 2 rings (SSSR count). The van der Waals surface area contributed by atoms with Crippen molar-refractivity contribution < 1.29 is 14.3 Å². The van der Waals surface area contributed by atoms with Crippen LogP contribution in [0.15, 0.2) is 34.7 Å². The molecule has 1 heterocycles. The van der Waals surface area contributed by atoms with E-state index in [1.54, 1.807) is 19.1 Å². The van der Waals surface area contributed by atoms with Crippen LogP contribution in [-0.4, -0.2) is 17.6 Å². The van der Waals surface area contributed by atoms with Crippen LogP contribution in [0, 0.1) is 25.7 Å². The molecule has 0 saturated heterocycles. The maximum Gasteiger partial charge on any atom is 0.291 e. The molecular formula is C17H17NO3. The summed E-state index contributed by atoms with van der Waals surface area (Å²) in [4.78, 5) is 12.1. The number of hydrogen-bond donors (Lipinski definition) is 2. The highest BCUT2D eigenvalue weighted by Crippen LogP contribution is 2.18. The first-order valence-electron chi connectivity index (χ1n) is 6.68. The van der Waals surface area contributed by atoms with Crippen LogP contribution in [0.4, 0.5) is 5.69 Å². The smallest absolute Gasteiger partial charge is 0.291 e. The Morgan fingerprint density at radius 2 is 2.10 bits per heavy atom. The van der Waals surface area contributed by atoms with Gasteiger partial charge in [-0.3, -0.25) is 4.79 Å². The summed E-state index contributed by atoms with van der Waals surface area (Å²) in [7, 11) is 0. The third-order valence-corrected chi connectivity index (χ3v) is 2.85. The molecule has 21 heavy (non-hydrogen) atoms. The van der Waals surface area contributed by atoms with Gasteiger partial charge in [0.05, 0.1) is 12.3 Å². The van der Waals surface area contributed by atoms with Gasteiger partial charge in [0, 0.05) is 12.0 Å². The van der Waals surface area contributed by atoms with Crippen LogP contribution in [0.3, 0.4) is 0 Å². The summed E-state index contributed by atoms with van der Waals surface area (Å²) in [6, 6.07) is 8.99. The molecule has 0 aliphatic carbocycles. The number of amides is 1. The number of aliphatic hydroxyl groups excluding tert-OH is 1. The standard InChI is InChI=1S/C17H17NO3/c1-12-6-8-15(14(11-12)5-3-4-10-19)18-17(20)16-9-7-13(2)21-16/h6-9,11,19H,4,10H2,1-2H3,(H,18,20). The highest BCUT2D eigenvalue weighted by Gasteiger charge is 2.11. The molecular weight excluding hydrogens is 266 g/mol. The predicted octanol–water partition coefficient (Wildman–Crippen LogP) is 2.88.